The summed E-state index contributed by atoms with van der Waals surface area (Å²) in [7, 11) is 0. The number of fused-ring (bicyclic) bond motifs is 1. The Morgan fingerprint density at radius 2 is 2.12 bits per heavy atom. The van der Waals surface area contributed by atoms with Crippen molar-refractivity contribution in [3.63, 3.8) is 0 Å². The second-order valence-electron chi connectivity index (χ2n) is 4.35. The van der Waals surface area contributed by atoms with E-state index in [2.05, 4.69) is 0 Å². The van der Waals surface area contributed by atoms with Crippen molar-refractivity contribution in [1.82, 2.24) is 0 Å². The highest BCUT2D eigenvalue weighted by atomic mass is 16.4. The van der Waals surface area contributed by atoms with E-state index in [-0.39, 0.29) is 11.5 Å². The van der Waals surface area contributed by atoms with Crippen LogP contribution < -0.4 is 0 Å². The lowest BCUT2D eigenvalue weighted by Crippen LogP contribution is -2.24. The maximum atomic E-state index is 11.2. The Bertz CT molecular complexity index is 566. The van der Waals surface area contributed by atoms with Crippen molar-refractivity contribution in [2.45, 2.75) is 19.4 Å². The van der Waals surface area contributed by atoms with Gasteiger partial charge >= 0.3 is 0 Å². The normalized spacial score (nSPS) is 14.8. The number of carbonyl (C=O) groups excluding carboxylic acids is 1. The molecule has 0 spiro atoms. The second-order valence-corrected chi connectivity index (χ2v) is 4.35. The summed E-state index contributed by atoms with van der Waals surface area (Å²) in [5.41, 5.74) is -0.234. The van der Waals surface area contributed by atoms with Crippen molar-refractivity contribution < 1.29 is 19.4 Å². The van der Waals surface area contributed by atoms with Crippen LogP contribution in [-0.2, 0) is 5.60 Å². The largest absolute Gasteiger partial charge is 0.458 e. The molecular formula is C13H14O4. The second kappa shape index (κ2) is 3.98. The van der Waals surface area contributed by atoms with Crippen LogP contribution in [0.1, 0.15) is 30.0 Å². The SMILES string of the molecule is CC(=O)c1ccc2oc(C(C)(O)CO)cc2c1. The number of hydrogen-bond acceptors (Lipinski definition) is 4. The summed E-state index contributed by atoms with van der Waals surface area (Å²) in [6.45, 7) is 2.54. The van der Waals surface area contributed by atoms with Gasteiger partial charge in [-0.3, -0.25) is 4.79 Å². The standard InChI is InChI=1S/C13H14O4/c1-8(15)9-3-4-11-10(5-9)6-12(17-11)13(2,16)7-14/h3-6,14,16H,7H2,1-2H3. The molecule has 0 radical (unpaired) electrons. The Balaban J connectivity index is 2.54. The van der Waals surface area contributed by atoms with Gasteiger partial charge in [0.1, 0.15) is 16.9 Å². The summed E-state index contributed by atoms with van der Waals surface area (Å²) < 4.78 is 5.44. The van der Waals surface area contributed by atoms with Gasteiger partial charge in [-0.15, -0.1) is 0 Å². The Morgan fingerprint density at radius 3 is 2.71 bits per heavy atom. The number of ketones is 1. The highest BCUT2D eigenvalue weighted by molar-refractivity contribution is 5.97. The fraction of sp³-hybridized carbons (Fsp3) is 0.308. The van der Waals surface area contributed by atoms with Crippen LogP contribution in [0.5, 0.6) is 0 Å². The number of Topliss-reactive ketones (excluding diaryl/α,β-unsaturated/α-hetero) is 1. The van der Waals surface area contributed by atoms with Crippen LogP contribution in [0.15, 0.2) is 28.7 Å². The molecule has 1 unspecified atom stereocenters. The first-order valence-electron chi connectivity index (χ1n) is 5.32. The molecule has 1 aromatic carbocycles. The molecule has 4 nitrogen and oxygen atoms in total. The number of hydrogen-bond donors (Lipinski definition) is 2. The molecule has 2 rings (SSSR count). The molecule has 0 saturated carbocycles. The topological polar surface area (TPSA) is 70.7 Å². The molecular weight excluding hydrogens is 220 g/mol. The minimum absolute atomic E-state index is 0.0245. The maximum Gasteiger partial charge on any atom is 0.159 e. The number of rotatable bonds is 3. The third kappa shape index (κ3) is 2.09. The molecule has 0 fully saturated rings. The van der Waals surface area contributed by atoms with Gasteiger partial charge in [0.15, 0.2) is 5.78 Å². The molecule has 1 atom stereocenters. The van der Waals surface area contributed by atoms with Crippen LogP contribution in [-0.4, -0.2) is 22.6 Å². The third-order valence-electron chi connectivity index (χ3n) is 2.76. The average molecular weight is 234 g/mol. The molecule has 90 valence electrons. The lowest BCUT2D eigenvalue weighted by atomic mass is 10.0. The van der Waals surface area contributed by atoms with E-state index in [9.17, 15) is 9.90 Å². The van der Waals surface area contributed by atoms with Gasteiger partial charge in [0.25, 0.3) is 0 Å². The Kier molecular flexibility index (Phi) is 2.77. The molecule has 2 N–H and O–H groups in total. The van der Waals surface area contributed by atoms with Crippen LogP contribution in [0.25, 0.3) is 11.0 Å². The number of benzene rings is 1. The molecule has 4 heteroatoms. The van der Waals surface area contributed by atoms with Gasteiger partial charge in [-0.05, 0) is 38.1 Å². The van der Waals surface area contributed by atoms with Crippen LogP contribution in [0, 0.1) is 0 Å². The van der Waals surface area contributed by atoms with Crippen molar-refractivity contribution in [2.75, 3.05) is 6.61 Å². The Labute approximate surface area is 98.5 Å². The van der Waals surface area contributed by atoms with Crippen LogP contribution in [0.2, 0.25) is 0 Å². The summed E-state index contributed by atoms with van der Waals surface area (Å²) in [5, 5.41) is 19.7. The number of aliphatic hydroxyl groups excluding tert-OH is 1. The molecule has 17 heavy (non-hydrogen) atoms. The number of aliphatic hydroxyl groups is 2. The van der Waals surface area contributed by atoms with Crippen molar-refractivity contribution in [3.8, 4) is 0 Å². The van der Waals surface area contributed by atoms with Crippen LogP contribution in [0.4, 0.5) is 0 Å². The van der Waals surface area contributed by atoms with Crippen molar-refractivity contribution in [2.24, 2.45) is 0 Å². The van der Waals surface area contributed by atoms with Crippen molar-refractivity contribution in [3.05, 3.63) is 35.6 Å². The summed E-state index contributed by atoms with van der Waals surface area (Å²) in [6, 6.07) is 6.70. The quantitative estimate of drug-likeness (QED) is 0.795. The van der Waals surface area contributed by atoms with Crippen LogP contribution in [0.3, 0.4) is 0 Å². The van der Waals surface area contributed by atoms with E-state index in [1.54, 1.807) is 24.3 Å². The van der Waals surface area contributed by atoms with Gasteiger partial charge in [0, 0.05) is 10.9 Å². The zero-order chi connectivity index (χ0) is 12.6. The van der Waals surface area contributed by atoms with E-state index >= 15 is 0 Å². The fourth-order valence-corrected chi connectivity index (χ4v) is 1.61. The highest BCUT2D eigenvalue weighted by Gasteiger charge is 2.26. The minimum Gasteiger partial charge on any atom is -0.458 e. The molecule has 0 aliphatic rings. The van der Waals surface area contributed by atoms with E-state index in [4.69, 9.17) is 9.52 Å². The van der Waals surface area contributed by atoms with Crippen molar-refractivity contribution in [1.29, 1.82) is 0 Å². The molecule has 0 saturated heterocycles. The Hall–Kier alpha value is -1.65. The first kappa shape index (κ1) is 11.8. The first-order valence-corrected chi connectivity index (χ1v) is 5.32. The van der Waals surface area contributed by atoms with Crippen molar-refractivity contribution >= 4 is 16.8 Å². The van der Waals surface area contributed by atoms with Gasteiger partial charge in [0.2, 0.25) is 0 Å². The summed E-state index contributed by atoms with van der Waals surface area (Å²) >= 11 is 0. The van der Waals surface area contributed by atoms with Crippen LogP contribution >= 0.6 is 0 Å². The average Bonchev–Trinajstić information content (AvgIpc) is 2.72. The third-order valence-corrected chi connectivity index (χ3v) is 2.76. The van der Waals surface area contributed by atoms with Gasteiger partial charge in [-0.25, -0.2) is 0 Å². The van der Waals surface area contributed by atoms with Gasteiger partial charge in [-0.2, -0.15) is 0 Å². The molecule has 2 aromatic rings. The lowest BCUT2D eigenvalue weighted by Gasteiger charge is -2.16. The molecule has 1 aromatic heterocycles. The molecule has 0 amide bonds. The van der Waals surface area contributed by atoms with E-state index in [0.717, 1.165) is 5.39 Å². The minimum atomic E-state index is -1.41. The molecule has 0 aliphatic carbocycles. The van der Waals surface area contributed by atoms with E-state index < -0.39 is 12.2 Å². The van der Waals surface area contributed by atoms with Gasteiger partial charge < -0.3 is 14.6 Å². The zero-order valence-electron chi connectivity index (χ0n) is 9.73. The predicted molar refractivity (Wildman–Crippen MR) is 62.9 cm³/mol. The van der Waals surface area contributed by atoms with E-state index in [1.807, 2.05) is 0 Å². The summed E-state index contributed by atoms with van der Waals surface area (Å²) in [6.07, 6.45) is 0. The first-order chi connectivity index (χ1) is 7.94. The molecule has 0 aliphatic heterocycles. The summed E-state index contributed by atoms with van der Waals surface area (Å²) in [4.78, 5) is 11.2. The molecule has 0 bridgehead atoms. The van der Waals surface area contributed by atoms with Gasteiger partial charge in [0.05, 0.1) is 6.61 Å². The lowest BCUT2D eigenvalue weighted by molar-refractivity contribution is -0.0184. The number of furan rings is 1. The number of carbonyl (C=O) groups is 1. The Morgan fingerprint density at radius 1 is 1.41 bits per heavy atom. The highest BCUT2D eigenvalue weighted by Crippen LogP contribution is 2.28. The van der Waals surface area contributed by atoms with E-state index in [1.165, 1.54) is 13.8 Å². The van der Waals surface area contributed by atoms with E-state index in [0.29, 0.717) is 11.1 Å². The predicted octanol–water partition coefficient (Wildman–Crippen LogP) is 1.84. The van der Waals surface area contributed by atoms with Gasteiger partial charge in [-0.1, -0.05) is 0 Å². The fourth-order valence-electron chi connectivity index (χ4n) is 1.61. The monoisotopic (exact) mass is 234 g/mol. The maximum absolute atomic E-state index is 11.2. The summed E-state index contributed by atoms with van der Waals surface area (Å²) in [5.74, 6) is 0.263. The zero-order valence-corrected chi connectivity index (χ0v) is 9.73. The molecule has 1 heterocycles. The smallest absolute Gasteiger partial charge is 0.159 e.